The minimum Gasteiger partial charge on any atom is -0.399 e. The molecule has 0 saturated carbocycles. The summed E-state index contributed by atoms with van der Waals surface area (Å²) < 4.78 is 45.9. The van der Waals surface area contributed by atoms with Gasteiger partial charge in [0.25, 0.3) is 0 Å². The smallest absolute Gasteiger partial charge is 0.301 e. The van der Waals surface area contributed by atoms with Crippen LogP contribution in [-0.2, 0) is 14.9 Å². The molecule has 0 radical (unpaired) electrons. The minimum absolute atomic E-state index is 0.115. The van der Waals surface area contributed by atoms with Crippen LogP contribution in [0.4, 0.5) is 15.8 Å². The molecule has 6 nitrogen and oxygen atoms in total. The van der Waals surface area contributed by atoms with E-state index in [0.717, 1.165) is 6.07 Å². The average Bonchev–Trinajstić information content (AvgIpc) is 2.34. The number of ether oxygens (including phenoxy) is 1. The van der Waals surface area contributed by atoms with Gasteiger partial charge in [-0.25, -0.2) is 4.39 Å². The molecule has 8 heteroatoms. The van der Waals surface area contributed by atoms with E-state index in [1.807, 2.05) is 0 Å². The Bertz CT molecular complexity index is 529. The van der Waals surface area contributed by atoms with Crippen molar-refractivity contribution in [3.63, 3.8) is 0 Å². The van der Waals surface area contributed by atoms with Crippen molar-refractivity contribution in [2.24, 2.45) is 0 Å². The zero-order chi connectivity index (χ0) is 13.2. The highest BCUT2D eigenvalue weighted by atomic mass is 32.2. The third-order valence-electron chi connectivity index (χ3n) is 2.54. The number of rotatable bonds is 3. The lowest BCUT2D eigenvalue weighted by Crippen LogP contribution is -2.43. The molecule has 0 bridgehead atoms. The second-order valence-corrected chi connectivity index (χ2v) is 5.53. The summed E-state index contributed by atoms with van der Waals surface area (Å²) in [5.74, 6) is -0.702. The van der Waals surface area contributed by atoms with Crippen molar-refractivity contribution in [2.75, 3.05) is 36.8 Å². The molecule has 0 aliphatic carbocycles. The summed E-state index contributed by atoms with van der Waals surface area (Å²) in [6, 6.07) is 3.79. The predicted molar refractivity (Wildman–Crippen MR) is 65.7 cm³/mol. The number of hydrogen-bond acceptors (Lipinski definition) is 4. The lowest BCUT2D eigenvalue weighted by Gasteiger charge is -2.26. The molecule has 1 aromatic rings. The molecule has 1 heterocycles. The molecule has 1 saturated heterocycles. The van der Waals surface area contributed by atoms with E-state index in [9.17, 15) is 12.8 Å². The average molecular weight is 275 g/mol. The van der Waals surface area contributed by atoms with Gasteiger partial charge >= 0.3 is 10.2 Å². The van der Waals surface area contributed by atoms with E-state index in [4.69, 9.17) is 10.5 Å². The van der Waals surface area contributed by atoms with Gasteiger partial charge in [0.05, 0.1) is 18.9 Å². The fourth-order valence-corrected chi connectivity index (χ4v) is 2.81. The van der Waals surface area contributed by atoms with Crippen LogP contribution in [0.1, 0.15) is 0 Å². The molecule has 0 spiro atoms. The maximum atomic E-state index is 13.5. The molecule has 0 aromatic heterocycles. The van der Waals surface area contributed by atoms with Crippen LogP contribution in [-0.4, -0.2) is 39.0 Å². The second kappa shape index (κ2) is 5.09. The fraction of sp³-hybridized carbons (Fsp3) is 0.400. The molecular formula is C10H14FN3O3S. The standard InChI is InChI=1S/C10H14FN3O3S/c11-9-7-8(12)1-2-10(9)13-18(15,16)14-3-5-17-6-4-14/h1-2,7,13H,3-6,12H2. The van der Waals surface area contributed by atoms with Crippen LogP contribution in [0.2, 0.25) is 0 Å². The van der Waals surface area contributed by atoms with Gasteiger partial charge < -0.3 is 10.5 Å². The van der Waals surface area contributed by atoms with Crippen LogP contribution < -0.4 is 10.5 Å². The van der Waals surface area contributed by atoms with E-state index in [1.54, 1.807) is 0 Å². The molecule has 1 aliphatic heterocycles. The molecule has 1 aromatic carbocycles. The molecule has 18 heavy (non-hydrogen) atoms. The molecule has 1 aliphatic rings. The lowest BCUT2D eigenvalue weighted by atomic mass is 10.3. The molecule has 2 rings (SSSR count). The molecular weight excluding hydrogens is 261 g/mol. The third-order valence-corrected chi connectivity index (χ3v) is 4.06. The largest absolute Gasteiger partial charge is 0.399 e. The molecule has 0 atom stereocenters. The number of hydrogen-bond donors (Lipinski definition) is 2. The maximum Gasteiger partial charge on any atom is 0.301 e. The Hall–Kier alpha value is -1.38. The van der Waals surface area contributed by atoms with Crippen molar-refractivity contribution in [3.05, 3.63) is 24.0 Å². The van der Waals surface area contributed by atoms with E-state index >= 15 is 0 Å². The molecule has 3 N–H and O–H groups in total. The van der Waals surface area contributed by atoms with Gasteiger partial charge in [-0.1, -0.05) is 0 Å². The quantitative estimate of drug-likeness (QED) is 0.782. The van der Waals surface area contributed by atoms with Crippen LogP contribution in [0.15, 0.2) is 18.2 Å². The molecule has 100 valence electrons. The third kappa shape index (κ3) is 2.89. The molecule has 1 fully saturated rings. The highest BCUT2D eigenvalue weighted by Crippen LogP contribution is 2.19. The van der Waals surface area contributed by atoms with Crippen LogP contribution in [0.3, 0.4) is 0 Å². The van der Waals surface area contributed by atoms with E-state index in [0.29, 0.717) is 13.2 Å². The summed E-state index contributed by atoms with van der Waals surface area (Å²) in [6.07, 6.45) is 0. The minimum atomic E-state index is -3.75. The number of anilines is 2. The van der Waals surface area contributed by atoms with Gasteiger partial charge in [0.15, 0.2) is 0 Å². The van der Waals surface area contributed by atoms with Gasteiger partial charge in [-0.3, -0.25) is 4.72 Å². The van der Waals surface area contributed by atoms with Crippen LogP contribution in [0, 0.1) is 5.82 Å². The van der Waals surface area contributed by atoms with Crippen LogP contribution in [0.25, 0.3) is 0 Å². The highest BCUT2D eigenvalue weighted by Gasteiger charge is 2.24. The van der Waals surface area contributed by atoms with E-state index in [1.165, 1.54) is 16.4 Å². The maximum absolute atomic E-state index is 13.5. The normalized spacial score (nSPS) is 17.6. The Morgan fingerprint density at radius 1 is 1.33 bits per heavy atom. The first-order chi connectivity index (χ1) is 8.49. The Labute approximate surface area is 105 Å². The highest BCUT2D eigenvalue weighted by molar-refractivity contribution is 7.90. The van der Waals surface area contributed by atoms with Gasteiger partial charge in [-0.15, -0.1) is 0 Å². The molecule has 0 unspecified atom stereocenters. The summed E-state index contributed by atoms with van der Waals surface area (Å²) in [5, 5.41) is 0. The van der Waals surface area contributed by atoms with Gasteiger partial charge in [-0.2, -0.15) is 12.7 Å². The number of benzene rings is 1. The summed E-state index contributed by atoms with van der Waals surface area (Å²) in [7, 11) is -3.75. The second-order valence-electron chi connectivity index (χ2n) is 3.86. The molecule has 0 amide bonds. The number of morpholine rings is 1. The summed E-state index contributed by atoms with van der Waals surface area (Å²) in [4.78, 5) is 0. The Kier molecular flexibility index (Phi) is 3.69. The topological polar surface area (TPSA) is 84.7 Å². The SMILES string of the molecule is Nc1ccc(NS(=O)(=O)N2CCOCC2)c(F)c1. The number of nitrogens with two attached hydrogens (primary N) is 1. The monoisotopic (exact) mass is 275 g/mol. The van der Waals surface area contributed by atoms with Crippen molar-refractivity contribution in [1.29, 1.82) is 0 Å². The Morgan fingerprint density at radius 2 is 2.00 bits per heavy atom. The van der Waals surface area contributed by atoms with Crippen molar-refractivity contribution >= 4 is 21.6 Å². The number of halogens is 1. The van der Waals surface area contributed by atoms with Gasteiger partial charge in [-0.05, 0) is 18.2 Å². The van der Waals surface area contributed by atoms with Crippen LogP contribution >= 0.6 is 0 Å². The summed E-state index contributed by atoms with van der Waals surface area (Å²) in [6.45, 7) is 1.19. The number of nitrogen functional groups attached to an aromatic ring is 1. The first kappa shape index (κ1) is 13.1. The zero-order valence-electron chi connectivity index (χ0n) is 9.60. The lowest BCUT2D eigenvalue weighted by molar-refractivity contribution is 0.0733. The Morgan fingerprint density at radius 3 is 2.61 bits per heavy atom. The van der Waals surface area contributed by atoms with Crippen molar-refractivity contribution < 1.29 is 17.5 Å². The van der Waals surface area contributed by atoms with Crippen LogP contribution in [0.5, 0.6) is 0 Å². The summed E-state index contributed by atoms with van der Waals surface area (Å²) >= 11 is 0. The first-order valence-corrected chi connectivity index (χ1v) is 6.84. The van der Waals surface area contributed by atoms with Crippen molar-refractivity contribution in [2.45, 2.75) is 0 Å². The van der Waals surface area contributed by atoms with Gasteiger partial charge in [0.1, 0.15) is 5.82 Å². The van der Waals surface area contributed by atoms with Gasteiger partial charge in [0.2, 0.25) is 0 Å². The predicted octanol–water partition coefficient (Wildman–Crippen LogP) is 0.397. The van der Waals surface area contributed by atoms with Crippen molar-refractivity contribution in [3.8, 4) is 0 Å². The fourth-order valence-electron chi connectivity index (χ4n) is 1.60. The first-order valence-electron chi connectivity index (χ1n) is 5.40. The van der Waals surface area contributed by atoms with E-state index < -0.39 is 16.0 Å². The summed E-state index contributed by atoms with van der Waals surface area (Å²) in [5.41, 5.74) is 5.51. The van der Waals surface area contributed by atoms with Gasteiger partial charge in [0, 0.05) is 18.8 Å². The number of nitrogens with one attached hydrogen (secondary N) is 1. The van der Waals surface area contributed by atoms with Crippen molar-refractivity contribution in [1.82, 2.24) is 4.31 Å². The van der Waals surface area contributed by atoms with E-state index in [-0.39, 0.29) is 24.5 Å². The number of nitrogens with zero attached hydrogens (tertiary/aromatic N) is 1. The Balaban J connectivity index is 2.16. The zero-order valence-corrected chi connectivity index (χ0v) is 10.4. The van der Waals surface area contributed by atoms with E-state index in [2.05, 4.69) is 4.72 Å².